The molecule has 4 rings (SSSR count). The predicted molar refractivity (Wildman–Crippen MR) is 94.4 cm³/mol. The fourth-order valence-corrected chi connectivity index (χ4v) is 4.22. The summed E-state index contributed by atoms with van der Waals surface area (Å²) in [6.07, 6.45) is 12.7. The number of rotatable bonds is 2. The van der Waals surface area contributed by atoms with Gasteiger partial charge in [-0.3, -0.25) is 0 Å². The topological polar surface area (TPSA) is 30.5 Å². The third kappa shape index (κ3) is 2.56. The quantitative estimate of drug-likeness (QED) is 0.830. The van der Waals surface area contributed by atoms with Crippen LogP contribution in [0.3, 0.4) is 0 Å². The molecule has 1 aliphatic heterocycles. The second kappa shape index (κ2) is 6.58. The summed E-state index contributed by atoms with van der Waals surface area (Å²) in [7, 11) is 3.60. The zero-order valence-corrected chi connectivity index (χ0v) is 14.6. The average molecular weight is 334 g/mol. The van der Waals surface area contributed by atoms with E-state index in [1.165, 1.54) is 46.3 Å². The zero-order valence-electron chi connectivity index (χ0n) is 13.8. The van der Waals surface area contributed by atoms with Crippen LogP contribution >= 0.6 is 12.4 Å². The summed E-state index contributed by atoms with van der Waals surface area (Å²) in [4.78, 5) is 0. The van der Waals surface area contributed by atoms with Crippen LogP contribution in [0.4, 0.5) is 0 Å². The molecule has 124 valence electrons. The van der Waals surface area contributed by atoms with E-state index in [1.807, 2.05) is 7.11 Å². The van der Waals surface area contributed by atoms with Gasteiger partial charge in [0.1, 0.15) is 0 Å². The summed E-state index contributed by atoms with van der Waals surface area (Å²) in [6.45, 7) is 0.879. The lowest BCUT2D eigenvalue weighted by molar-refractivity contribution is 0.117. The maximum Gasteiger partial charge on any atom is 0.195 e. The number of halogens is 1. The van der Waals surface area contributed by atoms with Crippen LogP contribution in [0.5, 0.6) is 0 Å². The smallest absolute Gasteiger partial charge is 0.195 e. The Morgan fingerprint density at radius 2 is 2.00 bits per heavy atom. The first-order valence-electron chi connectivity index (χ1n) is 8.20. The Kier molecular flexibility index (Phi) is 4.69. The monoisotopic (exact) mass is 333 g/mol. The Morgan fingerprint density at radius 3 is 2.78 bits per heavy atom. The predicted octanol–water partition coefficient (Wildman–Crippen LogP) is 3.95. The second-order valence-electron chi connectivity index (χ2n) is 6.34. The van der Waals surface area contributed by atoms with Crippen molar-refractivity contribution in [2.45, 2.75) is 38.2 Å². The van der Waals surface area contributed by atoms with Crippen molar-refractivity contribution in [3.8, 4) is 0 Å². The number of hydrogen-bond donors (Lipinski definition) is 1. The Morgan fingerprint density at radius 1 is 1.13 bits per heavy atom. The molecule has 0 aromatic carbocycles. The lowest BCUT2D eigenvalue weighted by atomic mass is 9.78. The fraction of sp³-hybridized carbons (Fsp3) is 0.474. The molecule has 4 aliphatic rings. The van der Waals surface area contributed by atoms with Crippen molar-refractivity contribution in [3.63, 3.8) is 0 Å². The van der Waals surface area contributed by atoms with Gasteiger partial charge in [-0.15, -0.1) is 12.4 Å². The minimum Gasteiger partial charge on any atom is -0.482 e. The van der Waals surface area contributed by atoms with Crippen LogP contribution in [0.2, 0.25) is 0 Å². The number of allylic oxidation sites excluding steroid dienone is 6. The van der Waals surface area contributed by atoms with Crippen LogP contribution in [0.1, 0.15) is 32.1 Å². The molecule has 0 amide bonds. The van der Waals surface area contributed by atoms with Gasteiger partial charge in [-0.05, 0) is 54.4 Å². The van der Waals surface area contributed by atoms with Crippen molar-refractivity contribution in [2.75, 3.05) is 20.8 Å². The molecule has 23 heavy (non-hydrogen) atoms. The highest BCUT2D eigenvalue weighted by Crippen LogP contribution is 2.46. The van der Waals surface area contributed by atoms with Gasteiger partial charge in [0.25, 0.3) is 0 Å². The molecule has 1 heterocycles. The van der Waals surface area contributed by atoms with E-state index >= 15 is 0 Å². The maximum atomic E-state index is 5.84. The zero-order chi connectivity index (χ0) is 15.1. The van der Waals surface area contributed by atoms with E-state index in [4.69, 9.17) is 9.47 Å². The largest absolute Gasteiger partial charge is 0.482 e. The van der Waals surface area contributed by atoms with Crippen molar-refractivity contribution in [2.24, 2.45) is 0 Å². The molecule has 1 unspecified atom stereocenters. The Bertz CT molecular complexity index is 667. The van der Waals surface area contributed by atoms with E-state index in [0.29, 0.717) is 0 Å². The summed E-state index contributed by atoms with van der Waals surface area (Å²) in [6, 6.07) is 0. The van der Waals surface area contributed by atoms with E-state index in [2.05, 4.69) is 23.5 Å². The third-order valence-corrected chi connectivity index (χ3v) is 5.22. The molecule has 0 aromatic heterocycles. The molecule has 0 spiro atoms. The number of nitrogens with one attached hydrogen (secondary N) is 1. The number of fused-ring (bicyclic) bond motifs is 1. The van der Waals surface area contributed by atoms with Crippen LogP contribution in [0.25, 0.3) is 0 Å². The summed E-state index contributed by atoms with van der Waals surface area (Å²) in [5.41, 5.74) is 8.39. The van der Waals surface area contributed by atoms with Crippen LogP contribution in [0.15, 0.2) is 57.5 Å². The molecule has 1 atom stereocenters. The average Bonchev–Trinajstić information content (AvgIpc) is 2.74. The number of methoxy groups -OCH3 is 2. The first-order valence-corrected chi connectivity index (χ1v) is 8.20. The van der Waals surface area contributed by atoms with E-state index in [0.717, 1.165) is 31.7 Å². The third-order valence-electron chi connectivity index (χ3n) is 5.22. The van der Waals surface area contributed by atoms with Gasteiger partial charge in [-0.25, -0.2) is 0 Å². The minimum atomic E-state index is 0. The van der Waals surface area contributed by atoms with Gasteiger partial charge in [-0.2, -0.15) is 0 Å². The first kappa shape index (κ1) is 16.4. The number of dihydropyridines is 1. The van der Waals surface area contributed by atoms with Gasteiger partial charge in [0.05, 0.1) is 13.2 Å². The fourth-order valence-electron chi connectivity index (χ4n) is 4.22. The van der Waals surface area contributed by atoms with Gasteiger partial charge in [-0.1, -0.05) is 23.8 Å². The van der Waals surface area contributed by atoms with E-state index < -0.39 is 0 Å². The number of ether oxygens (including phenoxy) is 2. The van der Waals surface area contributed by atoms with Gasteiger partial charge in [0.15, 0.2) is 5.88 Å². The Hall–Kier alpha value is -1.45. The lowest BCUT2D eigenvalue weighted by Crippen LogP contribution is -2.31. The standard InChI is InChI=1S/C19H23NO2.ClH/c1-21-15-8-4-6-13-10-9-12-5-3-7-14-11-20-19(22-2)18(16(12)14)17(13)15;/h3,5,9,15,20H,4,6-8,10-11H2,1-2H3;1H. The van der Waals surface area contributed by atoms with Crippen molar-refractivity contribution in [1.82, 2.24) is 5.32 Å². The molecular formula is C19H24ClNO2. The summed E-state index contributed by atoms with van der Waals surface area (Å²) in [5, 5.41) is 3.48. The van der Waals surface area contributed by atoms with Crippen LogP contribution in [-0.4, -0.2) is 26.9 Å². The van der Waals surface area contributed by atoms with Gasteiger partial charge < -0.3 is 14.8 Å². The van der Waals surface area contributed by atoms with Crippen LogP contribution in [-0.2, 0) is 9.47 Å². The normalized spacial score (nSPS) is 25.8. The highest BCUT2D eigenvalue weighted by molar-refractivity contribution is 5.85. The molecule has 3 aliphatic carbocycles. The molecular weight excluding hydrogens is 310 g/mol. The molecule has 0 radical (unpaired) electrons. The van der Waals surface area contributed by atoms with Crippen molar-refractivity contribution >= 4 is 12.4 Å². The number of hydrogen-bond acceptors (Lipinski definition) is 3. The van der Waals surface area contributed by atoms with Crippen LogP contribution in [0, 0.1) is 0 Å². The van der Waals surface area contributed by atoms with Crippen molar-refractivity contribution in [1.29, 1.82) is 0 Å². The minimum absolute atomic E-state index is 0. The molecule has 0 fully saturated rings. The maximum absolute atomic E-state index is 5.84. The van der Waals surface area contributed by atoms with Crippen LogP contribution < -0.4 is 5.32 Å². The molecule has 0 saturated carbocycles. The summed E-state index contributed by atoms with van der Waals surface area (Å²) < 4.78 is 11.6. The summed E-state index contributed by atoms with van der Waals surface area (Å²) >= 11 is 0. The SMILES string of the molecule is COC1=C2C3=C(CC=CC3=CCC3=C2C(OC)CCC3)CN1.Cl. The van der Waals surface area contributed by atoms with Crippen molar-refractivity contribution in [3.05, 3.63) is 57.5 Å². The molecule has 3 nitrogen and oxygen atoms in total. The molecule has 0 bridgehead atoms. The van der Waals surface area contributed by atoms with E-state index in [9.17, 15) is 0 Å². The molecule has 1 N–H and O–H groups in total. The highest BCUT2D eigenvalue weighted by atomic mass is 35.5. The molecule has 4 heteroatoms. The van der Waals surface area contributed by atoms with Gasteiger partial charge >= 0.3 is 0 Å². The van der Waals surface area contributed by atoms with Gasteiger partial charge in [0.2, 0.25) is 0 Å². The molecule has 0 saturated heterocycles. The Balaban J connectivity index is 0.00000156. The van der Waals surface area contributed by atoms with Gasteiger partial charge in [0, 0.05) is 19.2 Å². The van der Waals surface area contributed by atoms with Crippen molar-refractivity contribution < 1.29 is 9.47 Å². The van der Waals surface area contributed by atoms with E-state index in [1.54, 1.807) is 7.11 Å². The first-order chi connectivity index (χ1) is 10.8. The summed E-state index contributed by atoms with van der Waals surface area (Å²) in [5.74, 6) is 0.915. The highest BCUT2D eigenvalue weighted by Gasteiger charge is 2.35. The van der Waals surface area contributed by atoms with E-state index in [-0.39, 0.29) is 18.5 Å². The Labute approximate surface area is 144 Å². The molecule has 0 aromatic rings. The lowest BCUT2D eigenvalue weighted by Gasteiger charge is -2.34. The second-order valence-corrected chi connectivity index (χ2v) is 6.34.